The zero-order valence-electron chi connectivity index (χ0n) is 28.7. The largest absolute Gasteiger partial charge is 0.310 e. The van der Waals surface area contributed by atoms with Crippen LogP contribution in [0.25, 0.3) is 43.8 Å². The fourth-order valence-corrected chi connectivity index (χ4v) is 8.60. The van der Waals surface area contributed by atoms with Gasteiger partial charge in [0.2, 0.25) is 0 Å². The van der Waals surface area contributed by atoms with E-state index in [9.17, 15) is 0 Å². The summed E-state index contributed by atoms with van der Waals surface area (Å²) in [6.07, 6.45) is 0. The Kier molecular flexibility index (Phi) is 7.11. The molecular weight excluding hydrogens is 627 g/mol. The van der Waals surface area contributed by atoms with E-state index < -0.39 is 5.41 Å². The molecule has 244 valence electrons. The Morgan fingerprint density at radius 2 is 0.769 bits per heavy atom. The molecule has 0 fully saturated rings. The molecule has 1 aliphatic carbocycles. The van der Waals surface area contributed by atoms with E-state index in [2.05, 4.69) is 217 Å². The van der Waals surface area contributed by atoms with E-state index >= 15 is 0 Å². The smallest absolute Gasteiger partial charge is 0.0713 e. The fourth-order valence-electron chi connectivity index (χ4n) is 8.60. The van der Waals surface area contributed by atoms with Crippen molar-refractivity contribution in [3.8, 4) is 22.3 Å². The highest BCUT2D eigenvalue weighted by molar-refractivity contribution is 5.97. The van der Waals surface area contributed by atoms with Crippen LogP contribution in [0.2, 0.25) is 0 Å². The van der Waals surface area contributed by atoms with Crippen LogP contribution < -0.4 is 4.90 Å². The highest BCUT2D eigenvalue weighted by Gasteiger charge is 2.46. The Bertz CT molecular complexity index is 2610. The van der Waals surface area contributed by atoms with Crippen molar-refractivity contribution in [1.82, 2.24) is 0 Å². The van der Waals surface area contributed by atoms with Gasteiger partial charge in [-0.1, -0.05) is 176 Å². The van der Waals surface area contributed by atoms with Gasteiger partial charge >= 0.3 is 0 Å². The van der Waals surface area contributed by atoms with Gasteiger partial charge in [-0.3, -0.25) is 0 Å². The van der Waals surface area contributed by atoms with Gasteiger partial charge in [-0.25, -0.2) is 0 Å². The average Bonchev–Trinajstić information content (AvgIpc) is 3.53. The molecule has 0 amide bonds. The summed E-state index contributed by atoms with van der Waals surface area (Å²) in [4.78, 5) is 2.38. The fraction of sp³-hybridized carbons (Fsp3) is 0.0196. The Labute approximate surface area is 304 Å². The van der Waals surface area contributed by atoms with Crippen LogP contribution >= 0.6 is 0 Å². The molecular formula is C51H35N. The molecule has 0 unspecified atom stereocenters. The quantitative estimate of drug-likeness (QED) is 0.171. The topological polar surface area (TPSA) is 3.24 Å². The molecule has 0 heterocycles. The molecule has 0 spiro atoms. The van der Waals surface area contributed by atoms with Crippen LogP contribution in [-0.2, 0) is 5.41 Å². The maximum Gasteiger partial charge on any atom is 0.0713 e. The van der Waals surface area contributed by atoms with Crippen molar-refractivity contribution in [1.29, 1.82) is 0 Å². The first-order valence-electron chi connectivity index (χ1n) is 18.0. The highest BCUT2D eigenvalue weighted by atomic mass is 15.1. The Morgan fingerprint density at radius 1 is 0.308 bits per heavy atom. The van der Waals surface area contributed by atoms with E-state index in [0.29, 0.717) is 0 Å². The normalized spacial score (nSPS) is 12.8. The minimum absolute atomic E-state index is 0.423. The number of anilines is 3. The van der Waals surface area contributed by atoms with Crippen LogP contribution in [0, 0.1) is 0 Å². The zero-order chi connectivity index (χ0) is 34.5. The number of benzene rings is 9. The van der Waals surface area contributed by atoms with Gasteiger partial charge < -0.3 is 4.90 Å². The lowest BCUT2D eigenvalue weighted by Crippen LogP contribution is -2.28. The summed E-state index contributed by atoms with van der Waals surface area (Å²) < 4.78 is 0. The molecule has 1 heteroatoms. The molecule has 0 saturated heterocycles. The molecule has 10 rings (SSSR count). The molecule has 0 atom stereocenters. The van der Waals surface area contributed by atoms with Crippen molar-refractivity contribution < 1.29 is 0 Å². The zero-order valence-corrected chi connectivity index (χ0v) is 28.7. The molecule has 0 saturated carbocycles. The number of hydrogen-bond acceptors (Lipinski definition) is 1. The SMILES string of the molecule is c1ccc(C2(c3ccccc3)c3ccccc3-c3c(-c4ccc(N(c5ccc6ccccc6c5)c5ccc6ccccc6c5)cc4)cccc32)cc1. The van der Waals surface area contributed by atoms with Crippen molar-refractivity contribution in [2.45, 2.75) is 5.41 Å². The van der Waals surface area contributed by atoms with Crippen LogP contribution in [0.5, 0.6) is 0 Å². The molecule has 1 aliphatic rings. The number of rotatable bonds is 6. The van der Waals surface area contributed by atoms with Gasteiger partial charge in [0, 0.05) is 17.1 Å². The Morgan fingerprint density at radius 3 is 1.37 bits per heavy atom. The molecule has 0 aliphatic heterocycles. The third-order valence-corrected chi connectivity index (χ3v) is 10.9. The van der Waals surface area contributed by atoms with Crippen LogP contribution in [0.15, 0.2) is 212 Å². The van der Waals surface area contributed by atoms with Crippen molar-refractivity contribution in [2.75, 3.05) is 4.90 Å². The van der Waals surface area contributed by atoms with Gasteiger partial charge in [-0.2, -0.15) is 0 Å². The van der Waals surface area contributed by atoms with Gasteiger partial charge in [-0.05, 0) is 102 Å². The van der Waals surface area contributed by atoms with Crippen LogP contribution in [0.3, 0.4) is 0 Å². The van der Waals surface area contributed by atoms with Gasteiger partial charge in [0.1, 0.15) is 0 Å². The van der Waals surface area contributed by atoms with Crippen LogP contribution in [0.1, 0.15) is 22.3 Å². The van der Waals surface area contributed by atoms with E-state index in [1.165, 1.54) is 66.1 Å². The lowest BCUT2D eigenvalue weighted by Gasteiger charge is -2.34. The van der Waals surface area contributed by atoms with E-state index in [0.717, 1.165) is 17.1 Å². The maximum absolute atomic E-state index is 2.38. The summed E-state index contributed by atoms with van der Waals surface area (Å²) in [7, 11) is 0. The van der Waals surface area contributed by atoms with E-state index in [4.69, 9.17) is 0 Å². The lowest BCUT2D eigenvalue weighted by atomic mass is 9.67. The van der Waals surface area contributed by atoms with E-state index in [1.807, 2.05) is 0 Å². The molecule has 0 aromatic heterocycles. The van der Waals surface area contributed by atoms with Crippen molar-refractivity contribution >= 4 is 38.6 Å². The van der Waals surface area contributed by atoms with Crippen LogP contribution in [0.4, 0.5) is 17.1 Å². The molecule has 0 radical (unpaired) electrons. The molecule has 0 N–H and O–H groups in total. The predicted octanol–water partition coefficient (Wildman–Crippen LogP) is 13.5. The minimum Gasteiger partial charge on any atom is -0.310 e. The Balaban J connectivity index is 1.15. The third kappa shape index (κ3) is 4.71. The predicted molar refractivity (Wildman–Crippen MR) is 219 cm³/mol. The molecule has 0 bridgehead atoms. The summed E-state index contributed by atoms with van der Waals surface area (Å²) in [6, 6.07) is 77.8. The molecule has 1 nitrogen and oxygen atoms in total. The first-order chi connectivity index (χ1) is 25.8. The van der Waals surface area contributed by atoms with Gasteiger partial charge in [0.05, 0.1) is 5.41 Å². The maximum atomic E-state index is 2.38. The van der Waals surface area contributed by atoms with Gasteiger partial charge in [0.15, 0.2) is 0 Å². The summed E-state index contributed by atoms with van der Waals surface area (Å²) >= 11 is 0. The second-order valence-electron chi connectivity index (χ2n) is 13.7. The molecule has 9 aromatic carbocycles. The lowest BCUT2D eigenvalue weighted by molar-refractivity contribution is 0.768. The van der Waals surface area contributed by atoms with Crippen molar-refractivity contribution in [3.05, 3.63) is 235 Å². The third-order valence-electron chi connectivity index (χ3n) is 10.9. The molecule has 9 aromatic rings. The van der Waals surface area contributed by atoms with Gasteiger partial charge in [-0.15, -0.1) is 0 Å². The number of hydrogen-bond donors (Lipinski definition) is 0. The first-order valence-corrected chi connectivity index (χ1v) is 18.0. The standard InChI is InChI=1S/C51H35N/c1-3-18-41(19-4-1)51(42-20-5-2-6-21-42)48-24-12-11-22-47(48)50-46(23-13-25-49(50)51)38-28-30-43(31-29-38)52(44-32-26-36-14-7-9-16-39(36)34-44)45-33-27-37-15-8-10-17-40(37)35-45/h1-35H. The summed E-state index contributed by atoms with van der Waals surface area (Å²) in [6.45, 7) is 0. The monoisotopic (exact) mass is 661 g/mol. The summed E-state index contributed by atoms with van der Waals surface area (Å²) in [5, 5.41) is 4.92. The number of nitrogens with zero attached hydrogens (tertiary/aromatic N) is 1. The van der Waals surface area contributed by atoms with Crippen LogP contribution in [-0.4, -0.2) is 0 Å². The molecule has 52 heavy (non-hydrogen) atoms. The number of fused-ring (bicyclic) bond motifs is 5. The van der Waals surface area contributed by atoms with Crippen molar-refractivity contribution in [3.63, 3.8) is 0 Å². The minimum atomic E-state index is -0.423. The van der Waals surface area contributed by atoms with Crippen molar-refractivity contribution in [2.24, 2.45) is 0 Å². The second-order valence-corrected chi connectivity index (χ2v) is 13.7. The van der Waals surface area contributed by atoms with E-state index in [-0.39, 0.29) is 0 Å². The van der Waals surface area contributed by atoms with Gasteiger partial charge in [0.25, 0.3) is 0 Å². The first kappa shape index (κ1) is 30.2. The summed E-state index contributed by atoms with van der Waals surface area (Å²) in [5.74, 6) is 0. The second kappa shape index (κ2) is 12.3. The summed E-state index contributed by atoms with van der Waals surface area (Å²) in [5.41, 5.74) is 13.2. The Hall–Kier alpha value is -6.70. The average molecular weight is 662 g/mol. The van der Waals surface area contributed by atoms with E-state index in [1.54, 1.807) is 0 Å². The highest BCUT2D eigenvalue weighted by Crippen LogP contribution is 2.58.